The number of methoxy groups -OCH3 is 2. The number of aliphatic imine (C=N–C) groups is 1. The highest BCUT2D eigenvalue weighted by molar-refractivity contribution is 6.09. The number of allylic oxidation sites excluding steroid dienone is 2. The fourth-order valence-electron chi connectivity index (χ4n) is 5.53. The number of aryl methyl sites for hydroxylation is 1. The van der Waals surface area contributed by atoms with E-state index in [4.69, 9.17) is 29.2 Å². The molecule has 3 aromatic rings. The highest BCUT2D eigenvalue weighted by Gasteiger charge is 2.23. The van der Waals surface area contributed by atoms with Crippen LogP contribution in [0.25, 0.3) is 5.57 Å². The smallest absolute Gasteiger partial charge is 0.226 e. The van der Waals surface area contributed by atoms with Crippen LogP contribution in [0.4, 0.5) is 5.95 Å². The summed E-state index contributed by atoms with van der Waals surface area (Å²) in [5.41, 5.74) is 6.95. The average Bonchev–Trinajstić information content (AvgIpc) is 3.05. The van der Waals surface area contributed by atoms with Gasteiger partial charge in [-0.25, -0.2) is 9.97 Å². The Labute approximate surface area is 250 Å². The molecule has 1 aliphatic heterocycles. The minimum absolute atomic E-state index is 0.0690. The van der Waals surface area contributed by atoms with E-state index in [-0.39, 0.29) is 6.17 Å². The molecule has 8 nitrogen and oxygen atoms in total. The monoisotopic (exact) mass is 569 g/mol. The third-order valence-electron chi connectivity index (χ3n) is 8.10. The number of hydrogen-bond acceptors (Lipinski definition) is 8. The van der Waals surface area contributed by atoms with Crippen LogP contribution in [0.1, 0.15) is 54.8 Å². The minimum atomic E-state index is -0.0690. The molecule has 1 atom stereocenters. The zero-order valence-electron chi connectivity index (χ0n) is 25.4. The molecule has 42 heavy (non-hydrogen) atoms. The molecule has 1 aromatic heterocycles. The van der Waals surface area contributed by atoms with Gasteiger partial charge in [0.25, 0.3) is 0 Å². The second-order valence-electron chi connectivity index (χ2n) is 10.9. The van der Waals surface area contributed by atoms with Gasteiger partial charge in [0.05, 0.1) is 39.3 Å². The summed E-state index contributed by atoms with van der Waals surface area (Å²) < 4.78 is 16.3. The molecule has 0 bridgehead atoms. The van der Waals surface area contributed by atoms with Crippen molar-refractivity contribution in [2.45, 2.75) is 58.8 Å². The van der Waals surface area contributed by atoms with Crippen molar-refractivity contribution in [1.29, 1.82) is 0 Å². The molecule has 2 aliphatic rings. The summed E-state index contributed by atoms with van der Waals surface area (Å²) >= 11 is 0. The summed E-state index contributed by atoms with van der Waals surface area (Å²) in [6.07, 6.45) is 8.44. The molecule has 2 aromatic carbocycles. The summed E-state index contributed by atoms with van der Waals surface area (Å²) in [6, 6.07) is 16.5. The highest BCUT2D eigenvalue weighted by atomic mass is 16.5. The van der Waals surface area contributed by atoms with E-state index >= 15 is 0 Å². The topological polar surface area (TPSA) is 72.3 Å². The van der Waals surface area contributed by atoms with Crippen molar-refractivity contribution in [3.63, 3.8) is 0 Å². The normalized spacial score (nSPS) is 16.5. The van der Waals surface area contributed by atoms with Gasteiger partial charge in [0.15, 0.2) is 0 Å². The molecule has 1 saturated heterocycles. The molecule has 222 valence electrons. The SMILES string of the molecule is C/C=C(\C=NC(C)N(Cc1ccc(OC)cc1)Cc1ccc(OC)cc1)c1nc(N2CCOCC2)nc2c1CCCC2. The molecule has 0 N–H and O–H groups in total. The number of hydrogen-bond donors (Lipinski definition) is 0. The van der Waals surface area contributed by atoms with Gasteiger partial charge in [-0.15, -0.1) is 0 Å². The summed E-state index contributed by atoms with van der Waals surface area (Å²) in [5.74, 6) is 2.53. The molecule has 0 saturated carbocycles. The molecule has 8 heteroatoms. The Morgan fingerprint density at radius 1 is 0.929 bits per heavy atom. The van der Waals surface area contributed by atoms with E-state index in [2.05, 4.69) is 54.0 Å². The molecule has 2 heterocycles. The molecule has 0 amide bonds. The fourth-order valence-corrected chi connectivity index (χ4v) is 5.53. The maximum Gasteiger partial charge on any atom is 0.226 e. The van der Waals surface area contributed by atoms with Crippen LogP contribution in [-0.4, -0.2) is 67.8 Å². The maximum absolute atomic E-state index is 5.58. The van der Waals surface area contributed by atoms with Crippen molar-refractivity contribution < 1.29 is 14.2 Å². The zero-order valence-corrected chi connectivity index (χ0v) is 25.4. The van der Waals surface area contributed by atoms with Crippen LogP contribution < -0.4 is 14.4 Å². The molecule has 1 fully saturated rings. The van der Waals surface area contributed by atoms with Gasteiger partial charge >= 0.3 is 0 Å². The van der Waals surface area contributed by atoms with Crippen molar-refractivity contribution in [3.05, 3.63) is 82.7 Å². The Kier molecular flexibility index (Phi) is 10.2. The molecular weight excluding hydrogens is 526 g/mol. The van der Waals surface area contributed by atoms with E-state index in [1.807, 2.05) is 30.5 Å². The lowest BCUT2D eigenvalue weighted by Crippen LogP contribution is -2.38. The summed E-state index contributed by atoms with van der Waals surface area (Å²) in [4.78, 5) is 19.9. The number of anilines is 1. The van der Waals surface area contributed by atoms with Gasteiger partial charge in [-0.1, -0.05) is 30.3 Å². The van der Waals surface area contributed by atoms with Crippen LogP contribution in [0.2, 0.25) is 0 Å². The van der Waals surface area contributed by atoms with Gasteiger partial charge < -0.3 is 19.1 Å². The number of fused-ring (bicyclic) bond motifs is 1. The molecule has 1 aliphatic carbocycles. The van der Waals surface area contributed by atoms with Crippen LogP contribution in [0.3, 0.4) is 0 Å². The van der Waals surface area contributed by atoms with E-state index in [1.165, 1.54) is 35.2 Å². The zero-order chi connectivity index (χ0) is 29.3. The van der Waals surface area contributed by atoms with Crippen molar-refractivity contribution in [1.82, 2.24) is 14.9 Å². The van der Waals surface area contributed by atoms with E-state index in [9.17, 15) is 0 Å². The Morgan fingerprint density at radius 3 is 2.10 bits per heavy atom. The van der Waals surface area contributed by atoms with Crippen molar-refractivity contribution in [2.24, 2.45) is 4.99 Å². The van der Waals surface area contributed by atoms with Crippen molar-refractivity contribution in [2.75, 3.05) is 45.4 Å². The standard InChI is InChI=1S/C34H43N5O3/c1-5-28(33-31-8-6-7-9-32(31)36-34(37-33)38-18-20-42-21-19-38)22-35-25(2)39(23-26-10-14-29(40-3)15-11-26)24-27-12-16-30(41-4)17-13-27/h5,10-17,22,25H,6-9,18-21,23-24H2,1-4H3/b28-5+,35-22?. The quantitative estimate of drug-likeness (QED) is 0.273. The largest absolute Gasteiger partial charge is 0.497 e. The van der Waals surface area contributed by atoms with Gasteiger partial charge in [0.2, 0.25) is 5.95 Å². The predicted octanol–water partition coefficient (Wildman–Crippen LogP) is 5.73. The second-order valence-corrected chi connectivity index (χ2v) is 10.9. The van der Waals surface area contributed by atoms with E-state index in [1.54, 1.807) is 14.2 Å². The van der Waals surface area contributed by atoms with Gasteiger partial charge in [0, 0.05) is 49.2 Å². The van der Waals surface area contributed by atoms with E-state index in [0.717, 1.165) is 67.7 Å². The van der Waals surface area contributed by atoms with Crippen molar-refractivity contribution in [3.8, 4) is 11.5 Å². The Morgan fingerprint density at radius 2 is 1.52 bits per heavy atom. The number of ether oxygens (including phenoxy) is 3. The molecule has 0 spiro atoms. The Bertz CT molecular complexity index is 1320. The highest BCUT2D eigenvalue weighted by Crippen LogP contribution is 2.29. The summed E-state index contributed by atoms with van der Waals surface area (Å²) in [6.45, 7) is 8.80. The number of rotatable bonds is 11. The lowest BCUT2D eigenvalue weighted by molar-refractivity contribution is 0.122. The molecular formula is C34H43N5O3. The maximum atomic E-state index is 5.58. The van der Waals surface area contributed by atoms with Crippen LogP contribution in [-0.2, 0) is 30.7 Å². The number of nitrogens with zero attached hydrogens (tertiary/aromatic N) is 5. The first-order valence-corrected chi connectivity index (χ1v) is 15.0. The lowest BCUT2D eigenvalue weighted by Gasteiger charge is -2.29. The van der Waals surface area contributed by atoms with Gasteiger partial charge in [-0.05, 0) is 74.9 Å². The minimum Gasteiger partial charge on any atom is -0.497 e. The van der Waals surface area contributed by atoms with Gasteiger partial charge in [0.1, 0.15) is 11.5 Å². The molecule has 0 radical (unpaired) electrons. The van der Waals surface area contributed by atoms with Crippen LogP contribution in [0.15, 0.2) is 59.6 Å². The van der Waals surface area contributed by atoms with Gasteiger partial charge in [-0.2, -0.15) is 0 Å². The predicted molar refractivity (Wildman–Crippen MR) is 169 cm³/mol. The summed E-state index contributed by atoms with van der Waals surface area (Å²) in [5, 5.41) is 0. The molecule has 1 unspecified atom stereocenters. The fraction of sp³-hybridized carbons (Fsp3) is 0.441. The Balaban J connectivity index is 1.41. The summed E-state index contributed by atoms with van der Waals surface area (Å²) in [7, 11) is 3.39. The second kappa shape index (κ2) is 14.4. The number of morpholine rings is 1. The average molecular weight is 570 g/mol. The first-order valence-electron chi connectivity index (χ1n) is 15.0. The van der Waals surface area contributed by atoms with E-state index < -0.39 is 0 Å². The van der Waals surface area contributed by atoms with E-state index in [0.29, 0.717) is 13.2 Å². The number of benzene rings is 2. The number of aromatic nitrogens is 2. The third kappa shape index (κ3) is 7.36. The third-order valence-corrected chi connectivity index (χ3v) is 8.10. The van der Waals surface area contributed by atoms with Crippen LogP contribution >= 0.6 is 0 Å². The Hall–Kier alpha value is -3.75. The van der Waals surface area contributed by atoms with Gasteiger partial charge in [-0.3, -0.25) is 9.89 Å². The van der Waals surface area contributed by atoms with Crippen LogP contribution in [0, 0.1) is 0 Å². The van der Waals surface area contributed by atoms with Crippen molar-refractivity contribution >= 4 is 17.7 Å². The first-order chi connectivity index (χ1) is 20.6. The lowest BCUT2D eigenvalue weighted by atomic mass is 9.92. The first kappa shape index (κ1) is 29.7. The van der Waals surface area contributed by atoms with Crippen LogP contribution in [0.5, 0.6) is 11.5 Å². The molecule has 5 rings (SSSR count).